The van der Waals surface area contributed by atoms with Gasteiger partial charge in [0.15, 0.2) is 0 Å². The van der Waals surface area contributed by atoms with Crippen molar-refractivity contribution in [3.63, 3.8) is 0 Å². The molecule has 178 valence electrons. The molecule has 1 unspecified atom stereocenters. The van der Waals surface area contributed by atoms with Gasteiger partial charge >= 0.3 is 11.9 Å². The Kier molecular flexibility index (Phi) is 11.9. The Morgan fingerprint density at radius 2 is 1.21 bits per heavy atom. The molecule has 0 spiro atoms. The Morgan fingerprint density at radius 1 is 0.765 bits per heavy atom. The normalized spacial score (nSPS) is 11.6. The van der Waals surface area contributed by atoms with Crippen LogP contribution < -0.4 is 5.32 Å². The zero-order valence-electron chi connectivity index (χ0n) is 19.5. The monoisotopic (exact) mass is 459 g/mol. The van der Waals surface area contributed by atoms with Crippen molar-refractivity contribution in [2.45, 2.75) is 38.1 Å². The molecule has 0 bridgehead atoms. The lowest BCUT2D eigenvalue weighted by Crippen LogP contribution is -2.32. The molecule has 0 aromatic heterocycles. The summed E-state index contributed by atoms with van der Waals surface area (Å²) in [6, 6.07) is 33.1. The van der Waals surface area contributed by atoms with E-state index in [0.717, 1.165) is 25.8 Å². The smallest absolute Gasteiger partial charge is 0.328 e. The highest BCUT2D eigenvalue weighted by molar-refractivity contribution is 5.89. The number of hydrogen-bond donors (Lipinski definition) is 3. The lowest BCUT2D eigenvalue weighted by atomic mass is 9.88. The van der Waals surface area contributed by atoms with Gasteiger partial charge in [0.05, 0.1) is 0 Å². The van der Waals surface area contributed by atoms with Gasteiger partial charge in [-0.15, -0.1) is 0 Å². The molecule has 3 N–H and O–H groups in total. The van der Waals surface area contributed by atoms with Crippen molar-refractivity contribution in [3.8, 4) is 0 Å². The van der Waals surface area contributed by atoms with Gasteiger partial charge in [-0.05, 0) is 42.5 Å². The van der Waals surface area contributed by atoms with Crippen molar-refractivity contribution in [1.29, 1.82) is 0 Å². The molecule has 5 heteroatoms. The van der Waals surface area contributed by atoms with E-state index < -0.39 is 11.9 Å². The second kappa shape index (κ2) is 15.2. The predicted molar refractivity (Wildman–Crippen MR) is 136 cm³/mol. The molecule has 3 aromatic carbocycles. The molecule has 5 nitrogen and oxygen atoms in total. The Labute approximate surface area is 201 Å². The van der Waals surface area contributed by atoms with Crippen LogP contribution in [0.1, 0.15) is 42.4 Å². The number of nitrogens with one attached hydrogen (secondary N) is 1. The highest BCUT2D eigenvalue weighted by atomic mass is 16.4. The average Bonchev–Trinajstić information content (AvgIpc) is 2.86. The van der Waals surface area contributed by atoms with E-state index in [4.69, 9.17) is 10.2 Å². The molecule has 0 radical (unpaired) electrons. The molecule has 0 aliphatic rings. The number of aliphatic carboxylic acids is 2. The highest BCUT2D eigenvalue weighted by Crippen LogP contribution is 2.27. The quantitative estimate of drug-likeness (QED) is 0.328. The number of carboxylic acids is 2. The summed E-state index contributed by atoms with van der Waals surface area (Å²) in [5.74, 6) is -2.07. The predicted octanol–water partition coefficient (Wildman–Crippen LogP) is 5.53. The molecule has 0 heterocycles. The van der Waals surface area contributed by atoms with Crippen LogP contribution >= 0.6 is 0 Å². The first-order valence-electron chi connectivity index (χ1n) is 11.5. The van der Waals surface area contributed by atoms with Crippen LogP contribution in [0.4, 0.5) is 0 Å². The Hall–Kier alpha value is -3.70. The average molecular weight is 460 g/mol. The lowest BCUT2D eigenvalue weighted by molar-refractivity contribution is -0.134. The van der Waals surface area contributed by atoms with Crippen LogP contribution in [-0.2, 0) is 16.0 Å². The van der Waals surface area contributed by atoms with E-state index in [1.165, 1.54) is 16.7 Å². The molecule has 0 fully saturated rings. The van der Waals surface area contributed by atoms with Crippen molar-refractivity contribution in [2.24, 2.45) is 0 Å². The van der Waals surface area contributed by atoms with Crippen LogP contribution in [0.5, 0.6) is 0 Å². The number of benzene rings is 3. The molecule has 3 aromatic rings. The lowest BCUT2D eigenvalue weighted by Gasteiger charge is -2.22. The molecule has 0 aliphatic heterocycles. The van der Waals surface area contributed by atoms with E-state index >= 15 is 0 Å². The van der Waals surface area contributed by atoms with Gasteiger partial charge in [0.2, 0.25) is 0 Å². The zero-order chi connectivity index (χ0) is 24.6. The SMILES string of the molecule is CCC(Cc1ccccc1)NCCC(c1ccccc1)c1ccccc1.O=C(O)/C=C\C(=O)O. The standard InChI is InChI=1S/C25H29N.C4H4O4/c1-2-24(20-21-12-6-3-7-13-21)26-19-18-25(22-14-8-4-9-15-22)23-16-10-5-11-17-23;5-3(6)1-2-4(7)8/h3-17,24-26H,2,18-20H2,1H3;1-2H,(H,5,6)(H,7,8)/b;2-1-. The Balaban J connectivity index is 0.000000440. The van der Waals surface area contributed by atoms with Gasteiger partial charge in [0, 0.05) is 24.1 Å². The molecule has 0 saturated carbocycles. The van der Waals surface area contributed by atoms with E-state index in [2.05, 4.69) is 103 Å². The van der Waals surface area contributed by atoms with Gasteiger partial charge in [-0.25, -0.2) is 9.59 Å². The molecule has 0 aliphatic carbocycles. The fraction of sp³-hybridized carbons (Fsp3) is 0.241. The maximum absolute atomic E-state index is 9.55. The fourth-order valence-electron chi connectivity index (χ4n) is 3.73. The van der Waals surface area contributed by atoms with Crippen LogP contribution in [0.2, 0.25) is 0 Å². The molecule has 1 atom stereocenters. The fourth-order valence-corrected chi connectivity index (χ4v) is 3.73. The maximum Gasteiger partial charge on any atom is 0.328 e. The summed E-state index contributed by atoms with van der Waals surface area (Å²) >= 11 is 0. The Morgan fingerprint density at radius 3 is 1.62 bits per heavy atom. The third-order valence-corrected chi connectivity index (χ3v) is 5.46. The molecule has 34 heavy (non-hydrogen) atoms. The van der Waals surface area contributed by atoms with E-state index in [1.54, 1.807) is 0 Å². The minimum absolute atomic E-state index is 0.444. The topological polar surface area (TPSA) is 86.6 Å². The van der Waals surface area contributed by atoms with Gasteiger partial charge in [0.1, 0.15) is 0 Å². The third kappa shape index (κ3) is 10.3. The first kappa shape index (κ1) is 26.6. The summed E-state index contributed by atoms with van der Waals surface area (Å²) in [6.07, 6.45) is 4.47. The molecular formula is C29H33NO4. The van der Waals surface area contributed by atoms with Crippen LogP contribution in [0, 0.1) is 0 Å². The summed E-state index contributed by atoms with van der Waals surface area (Å²) in [7, 11) is 0. The van der Waals surface area contributed by atoms with Crippen LogP contribution in [0.15, 0.2) is 103 Å². The summed E-state index contributed by atoms with van der Waals surface area (Å²) in [6.45, 7) is 3.30. The summed E-state index contributed by atoms with van der Waals surface area (Å²) in [5, 5.41) is 19.4. The van der Waals surface area contributed by atoms with Crippen LogP contribution in [0.3, 0.4) is 0 Å². The van der Waals surface area contributed by atoms with Crippen LogP contribution in [0.25, 0.3) is 0 Å². The van der Waals surface area contributed by atoms with Crippen molar-refractivity contribution >= 4 is 11.9 Å². The van der Waals surface area contributed by atoms with Gasteiger partial charge in [-0.2, -0.15) is 0 Å². The van der Waals surface area contributed by atoms with Crippen molar-refractivity contribution < 1.29 is 19.8 Å². The first-order valence-corrected chi connectivity index (χ1v) is 11.5. The third-order valence-electron chi connectivity index (χ3n) is 5.46. The number of hydrogen-bond acceptors (Lipinski definition) is 3. The largest absolute Gasteiger partial charge is 0.478 e. The summed E-state index contributed by atoms with van der Waals surface area (Å²) < 4.78 is 0. The number of rotatable bonds is 11. The molecule has 0 amide bonds. The second-order valence-electron chi connectivity index (χ2n) is 7.92. The van der Waals surface area contributed by atoms with E-state index in [-0.39, 0.29) is 0 Å². The first-order chi connectivity index (χ1) is 16.5. The van der Waals surface area contributed by atoms with Crippen LogP contribution in [-0.4, -0.2) is 34.7 Å². The van der Waals surface area contributed by atoms with E-state index in [1.807, 2.05) is 0 Å². The Bertz CT molecular complexity index is 949. The van der Waals surface area contributed by atoms with Gasteiger partial charge in [-0.1, -0.05) is 97.9 Å². The van der Waals surface area contributed by atoms with Crippen molar-refractivity contribution in [3.05, 3.63) is 120 Å². The minimum atomic E-state index is -1.26. The zero-order valence-corrected chi connectivity index (χ0v) is 19.5. The second-order valence-corrected chi connectivity index (χ2v) is 7.92. The maximum atomic E-state index is 9.55. The number of carbonyl (C=O) groups is 2. The minimum Gasteiger partial charge on any atom is -0.478 e. The van der Waals surface area contributed by atoms with E-state index in [9.17, 15) is 9.59 Å². The van der Waals surface area contributed by atoms with Crippen molar-refractivity contribution in [1.82, 2.24) is 5.32 Å². The highest BCUT2D eigenvalue weighted by Gasteiger charge is 2.14. The molecular weight excluding hydrogens is 426 g/mol. The van der Waals surface area contributed by atoms with Gasteiger partial charge in [-0.3, -0.25) is 0 Å². The summed E-state index contributed by atoms with van der Waals surface area (Å²) in [5.41, 5.74) is 4.21. The van der Waals surface area contributed by atoms with Gasteiger partial charge in [0.25, 0.3) is 0 Å². The molecule has 3 rings (SSSR count). The number of carboxylic acid groups (broad SMARTS) is 2. The summed E-state index contributed by atoms with van der Waals surface area (Å²) in [4.78, 5) is 19.1. The van der Waals surface area contributed by atoms with Crippen molar-refractivity contribution in [2.75, 3.05) is 6.54 Å². The van der Waals surface area contributed by atoms with Gasteiger partial charge < -0.3 is 15.5 Å². The van der Waals surface area contributed by atoms with E-state index in [0.29, 0.717) is 24.1 Å². The molecule has 0 saturated heterocycles.